The molecule has 1 amide bonds. The van der Waals surface area contributed by atoms with Crippen molar-refractivity contribution >= 4 is 17.7 Å². The predicted molar refractivity (Wildman–Crippen MR) is 82.4 cm³/mol. The molecule has 0 spiro atoms. The Morgan fingerprint density at radius 3 is 2.70 bits per heavy atom. The van der Waals surface area contributed by atoms with Gasteiger partial charge in [-0.25, -0.2) is 4.79 Å². The maximum absolute atomic E-state index is 12.3. The highest BCUT2D eigenvalue weighted by molar-refractivity contribution is 6.29. The van der Waals surface area contributed by atoms with Gasteiger partial charge in [0.25, 0.3) is 0 Å². The van der Waals surface area contributed by atoms with Gasteiger partial charge in [-0.1, -0.05) is 11.6 Å². The highest BCUT2D eigenvalue weighted by atomic mass is 35.5. The number of halogens is 1. The molecule has 2 aromatic heterocycles. The van der Waals surface area contributed by atoms with E-state index in [1.165, 1.54) is 6.07 Å². The molecule has 1 aliphatic rings. The van der Waals surface area contributed by atoms with Gasteiger partial charge < -0.3 is 14.4 Å². The van der Waals surface area contributed by atoms with Gasteiger partial charge in [0, 0.05) is 26.2 Å². The molecule has 8 nitrogen and oxygen atoms in total. The van der Waals surface area contributed by atoms with Gasteiger partial charge in [-0.3, -0.25) is 4.68 Å². The molecule has 0 unspecified atom stereocenters. The first-order chi connectivity index (χ1) is 11.0. The number of morpholine rings is 1. The lowest BCUT2D eigenvalue weighted by Gasteiger charge is -2.26. The van der Waals surface area contributed by atoms with Crippen molar-refractivity contribution in [2.45, 2.75) is 6.92 Å². The van der Waals surface area contributed by atoms with Crippen molar-refractivity contribution in [2.24, 2.45) is 7.05 Å². The molecule has 0 saturated carbocycles. The average Bonchev–Trinajstić information content (AvgIpc) is 2.87. The summed E-state index contributed by atoms with van der Waals surface area (Å²) in [7, 11) is 1.78. The number of aromatic nitrogens is 4. The van der Waals surface area contributed by atoms with E-state index in [0.29, 0.717) is 37.7 Å². The van der Waals surface area contributed by atoms with Gasteiger partial charge in [-0.05, 0) is 13.0 Å². The van der Waals surface area contributed by atoms with Crippen LogP contribution in [0.3, 0.4) is 0 Å². The third-order valence-electron chi connectivity index (χ3n) is 3.44. The zero-order valence-electron chi connectivity index (χ0n) is 12.8. The fourth-order valence-electron chi connectivity index (χ4n) is 2.34. The number of hydrogen-bond acceptors (Lipinski definition) is 6. The van der Waals surface area contributed by atoms with E-state index < -0.39 is 6.09 Å². The lowest BCUT2D eigenvalue weighted by molar-refractivity contribution is 0.0416. The summed E-state index contributed by atoms with van der Waals surface area (Å²) in [6.45, 7) is 3.85. The van der Waals surface area contributed by atoms with Crippen LogP contribution in [-0.4, -0.2) is 57.3 Å². The van der Waals surface area contributed by atoms with Gasteiger partial charge in [-0.2, -0.15) is 5.10 Å². The third-order valence-corrected chi connectivity index (χ3v) is 3.62. The van der Waals surface area contributed by atoms with Crippen LogP contribution in [0, 0.1) is 6.92 Å². The second-order valence-electron chi connectivity index (χ2n) is 5.14. The van der Waals surface area contributed by atoms with E-state index in [2.05, 4.69) is 15.3 Å². The molecule has 3 rings (SSSR count). The third kappa shape index (κ3) is 3.43. The van der Waals surface area contributed by atoms with Crippen LogP contribution in [-0.2, 0) is 11.8 Å². The Morgan fingerprint density at radius 2 is 2.04 bits per heavy atom. The number of carbonyl (C=O) groups excluding carboxylic acids is 1. The standard InChI is InChI=1S/C14H16ClN5O3/c1-9-7-10(19(2)18-9)13-11(8-12(15)16-17-13)23-14(21)20-3-5-22-6-4-20/h7-8H,3-6H2,1-2H3. The van der Waals surface area contributed by atoms with Crippen LogP contribution in [0.1, 0.15) is 5.69 Å². The molecule has 1 fully saturated rings. The van der Waals surface area contributed by atoms with Crippen molar-refractivity contribution in [2.75, 3.05) is 26.3 Å². The zero-order chi connectivity index (χ0) is 16.4. The van der Waals surface area contributed by atoms with Crippen LogP contribution in [0.5, 0.6) is 5.75 Å². The van der Waals surface area contributed by atoms with E-state index in [4.69, 9.17) is 21.1 Å². The van der Waals surface area contributed by atoms with E-state index in [1.54, 1.807) is 16.6 Å². The highest BCUT2D eigenvalue weighted by Crippen LogP contribution is 2.29. The molecular weight excluding hydrogens is 322 g/mol. The van der Waals surface area contributed by atoms with Crippen LogP contribution in [0.15, 0.2) is 12.1 Å². The van der Waals surface area contributed by atoms with E-state index in [1.807, 2.05) is 13.0 Å². The average molecular weight is 338 g/mol. The van der Waals surface area contributed by atoms with Gasteiger partial charge in [-0.15, -0.1) is 10.2 Å². The van der Waals surface area contributed by atoms with Crippen LogP contribution in [0.25, 0.3) is 11.4 Å². The quantitative estimate of drug-likeness (QED) is 0.829. The summed E-state index contributed by atoms with van der Waals surface area (Å²) in [5, 5.41) is 12.3. The molecule has 1 aliphatic heterocycles. The Bertz CT molecular complexity index is 727. The number of rotatable bonds is 2. The van der Waals surface area contributed by atoms with E-state index in [-0.39, 0.29) is 10.9 Å². The molecule has 0 N–H and O–H groups in total. The van der Waals surface area contributed by atoms with Crippen molar-refractivity contribution in [1.29, 1.82) is 0 Å². The van der Waals surface area contributed by atoms with Crippen molar-refractivity contribution in [1.82, 2.24) is 24.9 Å². The minimum atomic E-state index is -0.461. The minimum absolute atomic E-state index is 0.150. The van der Waals surface area contributed by atoms with Crippen molar-refractivity contribution in [3.8, 4) is 17.1 Å². The Kier molecular flexibility index (Phi) is 4.44. The number of amides is 1. The Balaban J connectivity index is 1.90. The number of aryl methyl sites for hydroxylation is 2. The molecule has 122 valence electrons. The van der Waals surface area contributed by atoms with Gasteiger partial charge >= 0.3 is 6.09 Å². The lowest BCUT2D eigenvalue weighted by Crippen LogP contribution is -2.42. The first kappa shape index (κ1) is 15.7. The van der Waals surface area contributed by atoms with Gasteiger partial charge in [0.05, 0.1) is 24.6 Å². The topological polar surface area (TPSA) is 82.4 Å². The number of ether oxygens (including phenoxy) is 2. The van der Waals surface area contributed by atoms with Gasteiger partial charge in [0.15, 0.2) is 16.6 Å². The Morgan fingerprint density at radius 1 is 1.30 bits per heavy atom. The molecule has 0 aliphatic carbocycles. The molecular formula is C14H16ClN5O3. The fourth-order valence-corrected chi connectivity index (χ4v) is 2.48. The van der Waals surface area contributed by atoms with Crippen molar-refractivity contribution in [3.05, 3.63) is 23.0 Å². The smallest absolute Gasteiger partial charge is 0.408 e. The summed E-state index contributed by atoms with van der Waals surface area (Å²) < 4.78 is 12.4. The first-order valence-electron chi connectivity index (χ1n) is 7.13. The first-order valence-corrected chi connectivity index (χ1v) is 7.51. The predicted octanol–water partition coefficient (Wildman–Crippen LogP) is 1.67. The fraction of sp³-hybridized carbons (Fsp3) is 0.429. The molecule has 9 heteroatoms. The number of nitrogens with zero attached hydrogens (tertiary/aromatic N) is 5. The second-order valence-corrected chi connectivity index (χ2v) is 5.53. The number of carbonyl (C=O) groups is 1. The Labute approximate surface area is 138 Å². The molecule has 0 bridgehead atoms. The van der Waals surface area contributed by atoms with Crippen molar-refractivity contribution < 1.29 is 14.3 Å². The maximum atomic E-state index is 12.3. The summed E-state index contributed by atoms with van der Waals surface area (Å²) >= 11 is 5.90. The van der Waals surface area contributed by atoms with Crippen LogP contribution < -0.4 is 4.74 Å². The normalized spacial score (nSPS) is 14.8. The second kappa shape index (κ2) is 6.51. The van der Waals surface area contributed by atoms with E-state index in [9.17, 15) is 4.79 Å². The molecule has 2 aromatic rings. The summed E-state index contributed by atoms with van der Waals surface area (Å²) in [6.07, 6.45) is -0.461. The largest absolute Gasteiger partial charge is 0.415 e. The lowest BCUT2D eigenvalue weighted by atomic mass is 10.2. The highest BCUT2D eigenvalue weighted by Gasteiger charge is 2.22. The van der Waals surface area contributed by atoms with Crippen LogP contribution in [0.2, 0.25) is 5.15 Å². The minimum Gasteiger partial charge on any atom is -0.408 e. The molecule has 0 atom stereocenters. The molecule has 0 aromatic carbocycles. The summed E-state index contributed by atoms with van der Waals surface area (Å²) in [5.41, 5.74) is 1.93. The monoisotopic (exact) mass is 337 g/mol. The maximum Gasteiger partial charge on any atom is 0.415 e. The zero-order valence-corrected chi connectivity index (χ0v) is 13.6. The SMILES string of the molecule is Cc1cc(-c2nnc(Cl)cc2OC(=O)N2CCOCC2)n(C)n1. The van der Waals surface area contributed by atoms with Crippen molar-refractivity contribution in [3.63, 3.8) is 0 Å². The van der Waals surface area contributed by atoms with E-state index >= 15 is 0 Å². The van der Waals surface area contributed by atoms with Gasteiger partial charge in [0.1, 0.15) is 0 Å². The van der Waals surface area contributed by atoms with E-state index in [0.717, 1.165) is 5.69 Å². The van der Waals surface area contributed by atoms with Crippen LogP contribution in [0.4, 0.5) is 4.79 Å². The molecule has 3 heterocycles. The summed E-state index contributed by atoms with van der Waals surface area (Å²) in [4.78, 5) is 13.9. The summed E-state index contributed by atoms with van der Waals surface area (Å²) in [6, 6.07) is 3.31. The Hall–Kier alpha value is -2.19. The van der Waals surface area contributed by atoms with Crippen LogP contribution >= 0.6 is 11.6 Å². The summed E-state index contributed by atoms with van der Waals surface area (Å²) in [5.74, 6) is 0.254. The number of hydrogen-bond donors (Lipinski definition) is 0. The molecule has 0 radical (unpaired) electrons. The molecule has 23 heavy (non-hydrogen) atoms. The molecule has 1 saturated heterocycles. The van der Waals surface area contributed by atoms with Gasteiger partial charge in [0.2, 0.25) is 0 Å².